The summed E-state index contributed by atoms with van der Waals surface area (Å²) in [6.07, 6.45) is 5.26. The van der Waals surface area contributed by atoms with Crippen molar-refractivity contribution in [3.05, 3.63) is 0 Å². The average Bonchev–Trinajstić information content (AvgIpc) is 2.39. The summed E-state index contributed by atoms with van der Waals surface area (Å²) in [5, 5.41) is 0. The minimum Gasteiger partial charge on any atom is -0.373 e. The van der Waals surface area contributed by atoms with Gasteiger partial charge in [0.1, 0.15) is 6.61 Å². The van der Waals surface area contributed by atoms with E-state index in [9.17, 15) is 4.79 Å². The van der Waals surface area contributed by atoms with Crippen LogP contribution in [0.5, 0.6) is 0 Å². The van der Waals surface area contributed by atoms with Gasteiger partial charge in [0, 0.05) is 6.61 Å². The Kier molecular flexibility index (Phi) is 3.57. The van der Waals surface area contributed by atoms with Crippen LogP contribution in [0.3, 0.4) is 0 Å². The van der Waals surface area contributed by atoms with Crippen LogP contribution in [0.15, 0.2) is 0 Å². The second kappa shape index (κ2) is 4.50. The summed E-state index contributed by atoms with van der Waals surface area (Å²) in [5.41, 5.74) is 0. The molecule has 0 aromatic rings. The molecule has 1 fully saturated rings. The Morgan fingerprint density at radius 1 is 1.45 bits per heavy atom. The van der Waals surface area contributed by atoms with Gasteiger partial charge in [-0.3, -0.25) is 4.79 Å². The van der Waals surface area contributed by atoms with E-state index in [1.165, 1.54) is 25.7 Å². The van der Waals surface area contributed by atoms with Crippen LogP contribution in [0.2, 0.25) is 0 Å². The highest BCUT2D eigenvalue weighted by Gasteiger charge is 2.14. The van der Waals surface area contributed by atoms with Crippen LogP contribution in [0.25, 0.3) is 0 Å². The van der Waals surface area contributed by atoms with E-state index in [1.807, 2.05) is 0 Å². The maximum Gasteiger partial charge on any atom is 0.155 e. The lowest BCUT2D eigenvalue weighted by Gasteiger charge is -2.07. The van der Waals surface area contributed by atoms with Crippen LogP contribution in [0.1, 0.15) is 32.6 Å². The molecule has 0 saturated heterocycles. The topological polar surface area (TPSA) is 26.3 Å². The number of carbonyl (C=O) groups is 1. The Labute approximate surface area is 67.9 Å². The fraction of sp³-hybridized carbons (Fsp3) is 0.889. The molecule has 2 nitrogen and oxygen atoms in total. The van der Waals surface area contributed by atoms with E-state index in [0.29, 0.717) is 6.61 Å². The smallest absolute Gasteiger partial charge is 0.155 e. The lowest BCUT2D eigenvalue weighted by molar-refractivity contribution is -0.121. The first kappa shape index (κ1) is 8.72. The van der Waals surface area contributed by atoms with Gasteiger partial charge in [-0.1, -0.05) is 12.8 Å². The van der Waals surface area contributed by atoms with Crippen molar-refractivity contribution in [3.63, 3.8) is 0 Å². The number of hydrogen-bond donors (Lipinski definition) is 0. The van der Waals surface area contributed by atoms with Gasteiger partial charge >= 0.3 is 0 Å². The molecule has 0 aliphatic heterocycles. The Hall–Kier alpha value is -0.370. The monoisotopic (exact) mass is 156 g/mol. The molecule has 0 unspecified atom stereocenters. The Balaban J connectivity index is 1.98. The molecule has 0 N–H and O–H groups in total. The summed E-state index contributed by atoms with van der Waals surface area (Å²) >= 11 is 0. The Bertz CT molecular complexity index is 126. The van der Waals surface area contributed by atoms with Gasteiger partial charge in [-0.25, -0.2) is 0 Å². The maximum absolute atomic E-state index is 10.5. The number of ketones is 1. The van der Waals surface area contributed by atoms with Gasteiger partial charge in [0.2, 0.25) is 0 Å². The molecule has 1 saturated carbocycles. The van der Waals surface area contributed by atoms with Crippen LogP contribution in [0, 0.1) is 5.92 Å². The van der Waals surface area contributed by atoms with E-state index in [2.05, 4.69) is 0 Å². The van der Waals surface area contributed by atoms with Crippen molar-refractivity contribution < 1.29 is 9.53 Å². The number of hydrogen-bond acceptors (Lipinski definition) is 2. The molecule has 2 heteroatoms. The molecule has 1 aliphatic rings. The lowest BCUT2D eigenvalue weighted by Crippen LogP contribution is -2.10. The van der Waals surface area contributed by atoms with Crippen LogP contribution in [0.4, 0.5) is 0 Å². The van der Waals surface area contributed by atoms with E-state index in [-0.39, 0.29) is 5.78 Å². The zero-order chi connectivity index (χ0) is 8.10. The van der Waals surface area contributed by atoms with Crippen molar-refractivity contribution in [2.75, 3.05) is 13.2 Å². The number of ether oxygens (including phenoxy) is 1. The molecule has 1 aliphatic carbocycles. The van der Waals surface area contributed by atoms with E-state index in [4.69, 9.17) is 4.74 Å². The third-order valence-electron chi connectivity index (χ3n) is 2.13. The molecular formula is C9H16O2. The summed E-state index contributed by atoms with van der Waals surface area (Å²) < 4.78 is 5.23. The summed E-state index contributed by atoms with van der Waals surface area (Å²) in [4.78, 5) is 10.5. The third-order valence-corrected chi connectivity index (χ3v) is 2.13. The standard InChI is InChI=1S/C9H16O2/c1-8(10)6-11-7-9-4-2-3-5-9/h9H,2-7H2,1H3. The Morgan fingerprint density at radius 2 is 2.09 bits per heavy atom. The van der Waals surface area contributed by atoms with E-state index in [0.717, 1.165) is 12.5 Å². The minimum atomic E-state index is 0.128. The number of carbonyl (C=O) groups excluding carboxylic acids is 1. The molecule has 0 amide bonds. The average molecular weight is 156 g/mol. The van der Waals surface area contributed by atoms with Gasteiger partial charge in [0.25, 0.3) is 0 Å². The highest BCUT2D eigenvalue weighted by atomic mass is 16.5. The Morgan fingerprint density at radius 3 is 2.64 bits per heavy atom. The van der Waals surface area contributed by atoms with Gasteiger partial charge < -0.3 is 4.74 Å². The molecule has 0 bridgehead atoms. The molecule has 64 valence electrons. The minimum absolute atomic E-state index is 0.128. The van der Waals surface area contributed by atoms with Crippen LogP contribution >= 0.6 is 0 Å². The summed E-state index contributed by atoms with van der Waals surface area (Å²) in [6.45, 7) is 2.66. The zero-order valence-electron chi connectivity index (χ0n) is 7.14. The fourth-order valence-corrected chi connectivity index (χ4v) is 1.55. The summed E-state index contributed by atoms with van der Waals surface area (Å²) in [6, 6.07) is 0. The van der Waals surface area contributed by atoms with Crippen LogP contribution in [-0.4, -0.2) is 19.0 Å². The second-order valence-corrected chi connectivity index (χ2v) is 3.37. The lowest BCUT2D eigenvalue weighted by atomic mass is 10.1. The highest BCUT2D eigenvalue weighted by molar-refractivity contribution is 5.76. The first-order valence-corrected chi connectivity index (χ1v) is 4.36. The van der Waals surface area contributed by atoms with Crippen molar-refractivity contribution in [1.82, 2.24) is 0 Å². The van der Waals surface area contributed by atoms with Gasteiger partial charge in [-0.2, -0.15) is 0 Å². The van der Waals surface area contributed by atoms with Crippen molar-refractivity contribution in [2.45, 2.75) is 32.6 Å². The normalized spacial score (nSPS) is 19.0. The molecule has 0 radical (unpaired) electrons. The van der Waals surface area contributed by atoms with Crippen molar-refractivity contribution >= 4 is 5.78 Å². The SMILES string of the molecule is CC(=O)COCC1CCCC1. The first-order chi connectivity index (χ1) is 5.29. The van der Waals surface area contributed by atoms with Gasteiger partial charge in [-0.05, 0) is 25.7 Å². The molecule has 0 aromatic heterocycles. The van der Waals surface area contributed by atoms with Crippen molar-refractivity contribution in [1.29, 1.82) is 0 Å². The van der Waals surface area contributed by atoms with Crippen LogP contribution < -0.4 is 0 Å². The van der Waals surface area contributed by atoms with E-state index >= 15 is 0 Å². The second-order valence-electron chi connectivity index (χ2n) is 3.37. The van der Waals surface area contributed by atoms with E-state index in [1.54, 1.807) is 6.92 Å². The molecule has 0 heterocycles. The van der Waals surface area contributed by atoms with Crippen molar-refractivity contribution in [2.24, 2.45) is 5.92 Å². The first-order valence-electron chi connectivity index (χ1n) is 4.36. The number of Topliss-reactive ketones (excluding diaryl/α,β-unsaturated/α-hetero) is 1. The molecule has 11 heavy (non-hydrogen) atoms. The number of rotatable bonds is 4. The predicted octanol–water partition coefficient (Wildman–Crippen LogP) is 1.78. The molecular weight excluding hydrogens is 140 g/mol. The zero-order valence-corrected chi connectivity index (χ0v) is 7.14. The van der Waals surface area contributed by atoms with Gasteiger partial charge in [0.05, 0.1) is 0 Å². The highest BCUT2D eigenvalue weighted by Crippen LogP contribution is 2.24. The van der Waals surface area contributed by atoms with Crippen LogP contribution in [-0.2, 0) is 9.53 Å². The van der Waals surface area contributed by atoms with Crippen molar-refractivity contribution in [3.8, 4) is 0 Å². The predicted molar refractivity (Wildman–Crippen MR) is 43.5 cm³/mol. The quantitative estimate of drug-likeness (QED) is 0.620. The summed E-state index contributed by atoms with van der Waals surface area (Å²) in [7, 11) is 0. The fourth-order valence-electron chi connectivity index (χ4n) is 1.55. The third kappa shape index (κ3) is 3.51. The molecule has 0 atom stereocenters. The molecule has 0 aromatic carbocycles. The molecule has 1 rings (SSSR count). The maximum atomic E-state index is 10.5. The van der Waals surface area contributed by atoms with Gasteiger partial charge in [-0.15, -0.1) is 0 Å². The summed E-state index contributed by atoms with van der Waals surface area (Å²) in [5.74, 6) is 0.859. The largest absolute Gasteiger partial charge is 0.373 e. The van der Waals surface area contributed by atoms with Gasteiger partial charge in [0.15, 0.2) is 5.78 Å². The molecule has 0 spiro atoms. The van der Waals surface area contributed by atoms with E-state index < -0.39 is 0 Å².